The predicted octanol–water partition coefficient (Wildman–Crippen LogP) is 3.27. The first-order valence-corrected chi connectivity index (χ1v) is 9.32. The summed E-state index contributed by atoms with van der Waals surface area (Å²) < 4.78 is 16.4. The average Bonchev–Trinajstić information content (AvgIpc) is 3.05. The van der Waals surface area contributed by atoms with Crippen LogP contribution in [0, 0.1) is 19.7 Å². The standard InChI is InChI=1S/C21H22FN5O.ClH/c1-13-3-6-16(7-4-13)27-14(2)19(25-26-27)11-20(28)24-18-8-5-15-12-23-10-9-17(15)21(18)22;/h3-8,23H,9-12H2,1-2H3,(H,24,28);1H. The second-order valence-corrected chi connectivity index (χ2v) is 7.09. The van der Waals surface area contributed by atoms with Crippen LogP contribution in [0.15, 0.2) is 36.4 Å². The molecule has 0 saturated heterocycles. The van der Waals surface area contributed by atoms with Gasteiger partial charge in [-0.25, -0.2) is 9.07 Å². The van der Waals surface area contributed by atoms with Crippen LogP contribution in [-0.2, 0) is 24.2 Å². The number of nitrogens with one attached hydrogen (secondary N) is 2. The third kappa shape index (κ3) is 4.31. The van der Waals surface area contributed by atoms with Crippen molar-refractivity contribution >= 4 is 24.0 Å². The fourth-order valence-electron chi connectivity index (χ4n) is 3.43. The Kier molecular flexibility index (Phi) is 6.30. The van der Waals surface area contributed by atoms with E-state index >= 15 is 0 Å². The van der Waals surface area contributed by atoms with E-state index in [9.17, 15) is 9.18 Å². The van der Waals surface area contributed by atoms with Gasteiger partial charge in [-0.1, -0.05) is 29.0 Å². The maximum Gasteiger partial charge on any atom is 0.230 e. The van der Waals surface area contributed by atoms with Gasteiger partial charge in [-0.2, -0.15) is 0 Å². The number of carbonyl (C=O) groups is 1. The highest BCUT2D eigenvalue weighted by atomic mass is 35.5. The Labute approximate surface area is 174 Å². The summed E-state index contributed by atoms with van der Waals surface area (Å²) in [4.78, 5) is 12.5. The molecular weight excluding hydrogens is 393 g/mol. The Bertz CT molecular complexity index is 1030. The number of amides is 1. The minimum absolute atomic E-state index is 0. The first-order valence-electron chi connectivity index (χ1n) is 9.32. The van der Waals surface area contributed by atoms with Crippen molar-refractivity contribution in [1.29, 1.82) is 0 Å². The zero-order chi connectivity index (χ0) is 19.7. The highest BCUT2D eigenvalue weighted by Gasteiger charge is 2.19. The molecule has 1 amide bonds. The van der Waals surface area contributed by atoms with Gasteiger partial charge < -0.3 is 10.6 Å². The molecule has 0 spiro atoms. The number of rotatable bonds is 4. The number of benzene rings is 2. The van der Waals surface area contributed by atoms with Crippen molar-refractivity contribution in [2.45, 2.75) is 33.2 Å². The van der Waals surface area contributed by atoms with Crippen LogP contribution in [0.25, 0.3) is 5.69 Å². The van der Waals surface area contributed by atoms with E-state index in [4.69, 9.17) is 0 Å². The van der Waals surface area contributed by atoms with Crippen molar-refractivity contribution in [3.05, 3.63) is 70.3 Å². The number of aryl methyl sites for hydroxylation is 1. The number of hydrogen-bond donors (Lipinski definition) is 2. The Hall–Kier alpha value is -2.77. The third-order valence-corrected chi connectivity index (χ3v) is 5.08. The number of anilines is 1. The average molecular weight is 416 g/mol. The van der Waals surface area contributed by atoms with Crippen LogP contribution in [-0.4, -0.2) is 27.4 Å². The molecule has 29 heavy (non-hydrogen) atoms. The number of fused-ring (bicyclic) bond motifs is 1. The van der Waals surface area contributed by atoms with E-state index in [0.29, 0.717) is 24.2 Å². The fourth-order valence-corrected chi connectivity index (χ4v) is 3.43. The van der Waals surface area contributed by atoms with E-state index < -0.39 is 0 Å². The molecule has 152 valence electrons. The van der Waals surface area contributed by atoms with Gasteiger partial charge in [-0.15, -0.1) is 17.5 Å². The molecule has 2 N–H and O–H groups in total. The fraction of sp³-hybridized carbons (Fsp3) is 0.286. The van der Waals surface area contributed by atoms with Gasteiger partial charge in [0.05, 0.1) is 29.2 Å². The summed E-state index contributed by atoms with van der Waals surface area (Å²) in [6.45, 7) is 5.28. The van der Waals surface area contributed by atoms with E-state index in [2.05, 4.69) is 20.9 Å². The van der Waals surface area contributed by atoms with Gasteiger partial charge in [0.2, 0.25) is 5.91 Å². The molecular formula is C21H23ClFN5O. The summed E-state index contributed by atoms with van der Waals surface area (Å²) in [5.41, 5.74) is 5.24. The molecule has 4 rings (SSSR count). The van der Waals surface area contributed by atoms with Gasteiger partial charge in [0.1, 0.15) is 5.82 Å². The lowest BCUT2D eigenvalue weighted by molar-refractivity contribution is -0.115. The van der Waals surface area contributed by atoms with Crippen molar-refractivity contribution in [3.8, 4) is 5.69 Å². The van der Waals surface area contributed by atoms with Gasteiger partial charge in [-0.05, 0) is 56.1 Å². The maximum absolute atomic E-state index is 14.7. The molecule has 8 heteroatoms. The van der Waals surface area contributed by atoms with Crippen LogP contribution in [0.3, 0.4) is 0 Å². The van der Waals surface area contributed by atoms with Crippen LogP contribution in [0.1, 0.15) is 28.1 Å². The van der Waals surface area contributed by atoms with Crippen molar-refractivity contribution in [2.75, 3.05) is 11.9 Å². The minimum Gasteiger partial charge on any atom is -0.323 e. The van der Waals surface area contributed by atoms with Crippen molar-refractivity contribution < 1.29 is 9.18 Å². The van der Waals surface area contributed by atoms with Crippen molar-refractivity contribution in [3.63, 3.8) is 0 Å². The Morgan fingerprint density at radius 2 is 1.97 bits per heavy atom. The highest BCUT2D eigenvalue weighted by Crippen LogP contribution is 2.24. The van der Waals surface area contributed by atoms with Crippen LogP contribution in [0.4, 0.5) is 10.1 Å². The van der Waals surface area contributed by atoms with Gasteiger partial charge in [0.25, 0.3) is 0 Å². The molecule has 1 aliphatic heterocycles. The summed E-state index contributed by atoms with van der Waals surface area (Å²) in [5, 5.41) is 14.2. The van der Waals surface area contributed by atoms with Crippen molar-refractivity contribution in [1.82, 2.24) is 20.3 Å². The summed E-state index contributed by atoms with van der Waals surface area (Å²) in [6.07, 6.45) is 0.657. The Morgan fingerprint density at radius 3 is 2.72 bits per heavy atom. The van der Waals surface area contributed by atoms with Crippen LogP contribution in [0.2, 0.25) is 0 Å². The summed E-state index contributed by atoms with van der Waals surface area (Å²) in [5.74, 6) is -0.653. The first-order chi connectivity index (χ1) is 13.5. The van der Waals surface area contributed by atoms with E-state index in [0.717, 1.165) is 29.1 Å². The second kappa shape index (κ2) is 8.71. The third-order valence-electron chi connectivity index (χ3n) is 5.08. The molecule has 0 unspecified atom stereocenters. The lowest BCUT2D eigenvalue weighted by atomic mass is 9.99. The number of nitrogens with zero attached hydrogens (tertiary/aromatic N) is 3. The van der Waals surface area contributed by atoms with E-state index in [1.54, 1.807) is 10.7 Å². The zero-order valence-electron chi connectivity index (χ0n) is 16.3. The topological polar surface area (TPSA) is 71.8 Å². The number of hydrogen-bond acceptors (Lipinski definition) is 4. The van der Waals surface area contributed by atoms with Crippen molar-refractivity contribution in [2.24, 2.45) is 0 Å². The van der Waals surface area contributed by atoms with Crippen LogP contribution in [0.5, 0.6) is 0 Å². The molecule has 0 saturated carbocycles. The van der Waals surface area contributed by atoms with Gasteiger partial charge in [0.15, 0.2) is 0 Å². The monoisotopic (exact) mass is 415 g/mol. The molecule has 0 fully saturated rings. The van der Waals surface area contributed by atoms with Gasteiger partial charge in [0, 0.05) is 6.54 Å². The Balaban J connectivity index is 0.00000240. The summed E-state index contributed by atoms with van der Waals surface area (Å²) >= 11 is 0. The largest absolute Gasteiger partial charge is 0.323 e. The number of aromatic nitrogens is 3. The lowest BCUT2D eigenvalue weighted by Crippen LogP contribution is -2.25. The second-order valence-electron chi connectivity index (χ2n) is 7.09. The molecule has 2 aromatic carbocycles. The van der Waals surface area contributed by atoms with E-state index in [1.807, 2.05) is 44.2 Å². The highest BCUT2D eigenvalue weighted by molar-refractivity contribution is 5.92. The molecule has 0 bridgehead atoms. The first kappa shape index (κ1) is 21.0. The summed E-state index contributed by atoms with van der Waals surface area (Å²) in [7, 11) is 0. The quantitative estimate of drug-likeness (QED) is 0.686. The number of halogens is 2. The normalized spacial score (nSPS) is 12.8. The molecule has 3 aromatic rings. The predicted molar refractivity (Wildman–Crippen MR) is 112 cm³/mol. The molecule has 1 aromatic heterocycles. The SMILES string of the molecule is Cc1ccc(-n2nnc(CC(=O)Nc3ccc4c(c3F)CCNC4)c2C)cc1.Cl. The maximum atomic E-state index is 14.7. The van der Waals surface area contributed by atoms with Crippen LogP contribution >= 0.6 is 12.4 Å². The molecule has 2 heterocycles. The van der Waals surface area contributed by atoms with Gasteiger partial charge >= 0.3 is 0 Å². The van der Waals surface area contributed by atoms with Crippen LogP contribution < -0.4 is 10.6 Å². The van der Waals surface area contributed by atoms with E-state index in [-0.39, 0.29) is 36.2 Å². The molecule has 0 atom stereocenters. The summed E-state index contributed by atoms with van der Waals surface area (Å²) in [6, 6.07) is 11.4. The molecule has 6 nitrogen and oxygen atoms in total. The molecule has 0 radical (unpaired) electrons. The number of carbonyl (C=O) groups excluding carboxylic acids is 1. The lowest BCUT2D eigenvalue weighted by Gasteiger charge is -2.19. The minimum atomic E-state index is -0.340. The zero-order valence-corrected chi connectivity index (χ0v) is 17.1. The molecule has 1 aliphatic rings. The Morgan fingerprint density at radius 1 is 1.21 bits per heavy atom. The molecule has 0 aliphatic carbocycles. The van der Waals surface area contributed by atoms with E-state index in [1.165, 1.54) is 0 Å². The van der Waals surface area contributed by atoms with Gasteiger partial charge in [-0.3, -0.25) is 4.79 Å². The smallest absolute Gasteiger partial charge is 0.230 e.